The third-order valence-electron chi connectivity index (χ3n) is 3.18. The lowest BCUT2D eigenvalue weighted by Gasteiger charge is -2.09. The van der Waals surface area contributed by atoms with Crippen molar-refractivity contribution < 1.29 is 5.11 Å². The van der Waals surface area contributed by atoms with Crippen LogP contribution in [0.4, 0.5) is 0 Å². The van der Waals surface area contributed by atoms with E-state index >= 15 is 0 Å². The van der Waals surface area contributed by atoms with E-state index in [0.29, 0.717) is 0 Å². The van der Waals surface area contributed by atoms with Crippen LogP contribution in [0.3, 0.4) is 0 Å². The Morgan fingerprint density at radius 3 is 2.93 bits per heavy atom. The summed E-state index contributed by atoms with van der Waals surface area (Å²) in [4.78, 5) is 0. The van der Waals surface area contributed by atoms with E-state index in [2.05, 4.69) is 12.0 Å². The number of aryl methyl sites for hydroxylation is 2. The van der Waals surface area contributed by atoms with Crippen LogP contribution >= 0.6 is 0 Å². The van der Waals surface area contributed by atoms with Crippen LogP contribution in [0.25, 0.3) is 0 Å². The van der Waals surface area contributed by atoms with E-state index in [-0.39, 0.29) is 6.10 Å². The number of hydrogen-bond acceptors (Lipinski definition) is 2. The van der Waals surface area contributed by atoms with Crippen molar-refractivity contribution in [2.45, 2.75) is 45.1 Å². The third kappa shape index (κ3) is 2.59. The Balaban J connectivity index is 1.98. The number of nitrogens with zero attached hydrogens (tertiary/aromatic N) is 2. The van der Waals surface area contributed by atoms with Gasteiger partial charge in [-0.05, 0) is 25.2 Å². The van der Waals surface area contributed by atoms with Gasteiger partial charge in [-0.2, -0.15) is 5.10 Å². The number of aliphatic hydroxyl groups excluding tert-OH is 1. The predicted molar refractivity (Wildman–Crippen MR) is 59.5 cm³/mol. The van der Waals surface area contributed by atoms with Crippen molar-refractivity contribution in [3.05, 3.63) is 17.5 Å². The maximum atomic E-state index is 10.1. The molecule has 1 aromatic heterocycles. The molecule has 2 rings (SSSR count). The second-order valence-corrected chi connectivity index (χ2v) is 4.59. The molecule has 1 aromatic rings. The topological polar surface area (TPSA) is 38.0 Å². The first-order valence-corrected chi connectivity index (χ1v) is 5.91. The van der Waals surface area contributed by atoms with Crippen LogP contribution in [0, 0.1) is 5.92 Å². The van der Waals surface area contributed by atoms with Gasteiger partial charge >= 0.3 is 0 Å². The second kappa shape index (κ2) is 4.35. The van der Waals surface area contributed by atoms with Gasteiger partial charge in [0, 0.05) is 18.8 Å². The lowest BCUT2D eigenvalue weighted by Crippen LogP contribution is -2.00. The van der Waals surface area contributed by atoms with Crippen molar-refractivity contribution in [2.75, 3.05) is 0 Å². The molecule has 1 heterocycles. The molecule has 1 N–H and O–H groups in total. The molecule has 1 saturated carbocycles. The first kappa shape index (κ1) is 10.7. The van der Waals surface area contributed by atoms with Gasteiger partial charge in [-0.1, -0.05) is 19.8 Å². The Kier molecular flexibility index (Phi) is 3.10. The van der Waals surface area contributed by atoms with E-state index in [1.54, 1.807) is 4.68 Å². The Morgan fingerprint density at radius 2 is 2.33 bits per heavy atom. The number of hydrogen-bond donors (Lipinski definition) is 1. The Labute approximate surface area is 91.1 Å². The summed E-state index contributed by atoms with van der Waals surface area (Å²) in [5.41, 5.74) is 2.07. The molecule has 0 saturated heterocycles. The Bertz CT molecular complexity index is 328. The highest BCUT2D eigenvalue weighted by molar-refractivity contribution is 5.19. The molecular weight excluding hydrogens is 188 g/mol. The smallest absolute Gasteiger partial charge is 0.0823 e. The molecule has 84 valence electrons. The van der Waals surface area contributed by atoms with Crippen LogP contribution in [0.1, 0.15) is 50.0 Å². The molecule has 0 bridgehead atoms. The van der Waals surface area contributed by atoms with Crippen molar-refractivity contribution >= 4 is 0 Å². The summed E-state index contributed by atoms with van der Waals surface area (Å²) >= 11 is 0. The molecule has 0 spiro atoms. The lowest BCUT2D eigenvalue weighted by molar-refractivity contribution is 0.161. The third-order valence-corrected chi connectivity index (χ3v) is 3.18. The van der Waals surface area contributed by atoms with E-state index in [1.165, 1.54) is 19.3 Å². The summed E-state index contributed by atoms with van der Waals surface area (Å²) in [7, 11) is 1.91. The van der Waals surface area contributed by atoms with Crippen LogP contribution in [0.15, 0.2) is 6.20 Å². The fourth-order valence-corrected chi connectivity index (χ4v) is 2.06. The standard InChI is InChI=1S/C12H20N2O/c1-3-11-10(8-14(2)13-11)12(15)7-6-9-4-5-9/h8-9,12,15H,3-7H2,1-2H3. The first-order valence-electron chi connectivity index (χ1n) is 5.91. The minimum absolute atomic E-state index is 0.311. The van der Waals surface area contributed by atoms with Crippen LogP contribution in [-0.2, 0) is 13.5 Å². The normalized spacial score (nSPS) is 18.1. The van der Waals surface area contributed by atoms with Gasteiger partial charge in [0.15, 0.2) is 0 Å². The van der Waals surface area contributed by atoms with Crippen molar-refractivity contribution in [1.29, 1.82) is 0 Å². The summed E-state index contributed by atoms with van der Waals surface area (Å²) in [6.07, 6.45) is 7.32. The molecular formula is C12H20N2O. The van der Waals surface area contributed by atoms with Crippen molar-refractivity contribution in [3.8, 4) is 0 Å². The van der Waals surface area contributed by atoms with Crippen molar-refractivity contribution in [1.82, 2.24) is 9.78 Å². The Morgan fingerprint density at radius 1 is 1.60 bits per heavy atom. The first-order chi connectivity index (χ1) is 7.20. The van der Waals surface area contributed by atoms with E-state index < -0.39 is 0 Å². The zero-order chi connectivity index (χ0) is 10.8. The number of rotatable bonds is 5. The summed E-state index contributed by atoms with van der Waals surface area (Å²) in [5.74, 6) is 0.890. The molecule has 15 heavy (non-hydrogen) atoms. The molecule has 0 aromatic carbocycles. The van der Waals surface area contributed by atoms with Crippen LogP contribution < -0.4 is 0 Å². The molecule has 1 atom stereocenters. The molecule has 3 nitrogen and oxygen atoms in total. The van der Waals surface area contributed by atoms with Gasteiger partial charge in [0.05, 0.1) is 11.8 Å². The lowest BCUT2D eigenvalue weighted by atomic mass is 10.0. The van der Waals surface area contributed by atoms with Gasteiger partial charge < -0.3 is 5.11 Å². The fourth-order valence-electron chi connectivity index (χ4n) is 2.06. The highest BCUT2D eigenvalue weighted by Gasteiger charge is 2.23. The predicted octanol–water partition coefficient (Wildman–Crippen LogP) is 2.21. The van der Waals surface area contributed by atoms with Gasteiger partial charge in [-0.3, -0.25) is 4.68 Å². The molecule has 0 amide bonds. The number of aliphatic hydroxyl groups is 1. The average Bonchev–Trinajstić information content (AvgIpc) is 2.97. The molecule has 1 aliphatic carbocycles. The number of aromatic nitrogens is 2. The van der Waals surface area contributed by atoms with Crippen molar-refractivity contribution in [3.63, 3.8) is 0 Å². The van der Waals surface area contributed by atoms with Crippen LogP contribution in [0.2, 0.25) is 0 Å². The van der Waals surface area contributed by atoms with E-state index in [0.717, 1.165) is 30.0 Å². The molecule has 1 unspecified atom stereocenters. The summed E-state index contributed by atoms with van der Waals surface area (Å²) < 4.78 is 1.80. The molecule has 0 aliphatic heterocycles. The monoisotopic (exact) mass is 208 g/mol. The fraction of sp³-hybridized carbons (Fsp3) is 0.750. The average molecular weight is 208 g/mol. The van der Waals surface area contributed by atoms with Gasteiger partial charge in [0.2, 0.25) is 0 Å². The molecule has 3 heteroatoms. The van der Waals surface area contributed by atoms with E-state index in [1.807, 2.05) is 13.2 Å². The maximum Gasteiger partial charge on any atom is 0.0823 e. The summed E-state index contributed by atoms with van der Waals surface area (Å²) in [6.45, 7) is 2.08. The second-order valence-electron chi connectivity index (χ2n) is 4.59. The highest BCUT2D eigenvalue weighted by atomic mass is 16.3. The SMILES string of the molecule is CCc1nn(C)cc1C(O)CCC1CC1. The Hall–Kier alpha value is -0.830. The zero-order valence-electron chi connectivity index (χ0n) is 9.61. The van der Waals surface area contributed by atoms with E-state index in [4.69, 9.17) is 0 Å². The van der Waals surface area contributed by atoms with E-state index in [9.17, 15) is 5.11 Å². The summed E-state index contributed by atoms with van der Waals surface area (Å²) in [6, 6.07) is 0. The highest BCUT2D eigenvalue weighted by Crippen LogP contribution is 2.36. The van der Waals surface area contributed by atoms with Gasteiger partial charge in [0.1, 0.15) is 0 Å². The minimum Gasteiger partial charge on any atom is -0.388 e. The summed E-state index contributed by atoms with van der Waals surface area (Å²) in [5, 5.41) is 14.4. The molecule has 1 aliphatic rings. The quantitative estimate of drug-likeness (QED) is 0.805. The molecule has 0 radical (unpaired) electrons. The van der Waals surface area contributed by atoms with Crippen molar-refractivity contribution in [2.24, 2.45) is 13.0 Å². The van der Waals surface area contributed by atoms with Gasteiger partial charge in [-0.25, -0.2) is 0 Å². The van der Waals surface area contributed by atoms with Crippen LogP contribution in [0.5, 0.6) is 0 Å². The maximum absolute atomic E-state index is 10.1. The van der Waals surface area contributed by atoms with Crippen LogP contribution in [-0.4, -0.2) is 14.9 Å². The minimum atomic E-state index is -0.311. The van der Waals surface area contributed by atoms with Gasteiger partial charge in [0.25, 0.3) is 0 Å². The zero-order valence-corrected chi connectivity index (χ0v) is 9.61. The largest absolute Gasteiger partial charge is 0.388 e. The molecule has 1 fully saturated rings. The van der Waals surface area contributed by atoms with Gasteiger partial charge in [-0.15, -0.1) is 0 Å².